The molecule has 0 aromatic carbocycles. The van der Waals surface area contributed by atoms with E-state index in [4.69, 9.17) is 4.52 Å². The second-order valence-electron chi connectivity index (χ2n) is 4.70. The normalized spacial score (nSPS) is 17.1. The molecule has 1 N–H and O–H groups in total. The fourth-order valence-corrected chi connectivity index (χ4v) is 3.02. The molecule has 1 saturated carbocycles. The summed E-state index contributed by atoms with van der Waals surface area (Å²) in [5.41, 5.74) is 0. The lowest BCUT2D eigenvalue weighted by atomic mass is 9.95. The lowest BCUT2D eigenvalue weighted by molar-refractivity contribution is 0.327. The van der Waals surface area contributed by atoms with Crippen molar-refractivity contribution in [2.45, 2.75) is 44.7 Å². The minimum Gasteiger partial charge on any atom is -0.338 e. The Balaban J connectivity index is 1.57. The molecule has 0 atom stereocenters. The van der Waals surface area contributed by atoms with E-state index >= 15 is 0 Å². The molecule has 0 radical (unpaired) electrons. The zero-order valence-corrected chi connectivity index (χ0v) is 11.1. The largest absolute Gasteiger partial charge is 0.338 e. The van der Waals surface area contributed by atoms with Gasteiger partial charge in [-0.1, -0.05) is 30.5 Å². The Hall–Kier alpha value is -1.20. The molecule has 0 saturated heterocycles. The Morgan fingerprint density at radius 3 is 3.00 bits per heavy atom. The monoisotopic (exact) mass is 263 g/mol. The van der Waals surface area contributed by atoms with E-state index in [1.165, 1.54) is 32.1 Å². The maximum absolute atomic E-state index is 5.26. The Morgan fingerprint density at radius 1 is 1.33 bits per heavy atom. The van der Waals surface area contributed by atoms with E-state index in [-0.39, 0.29) is 0 Å². The number of hydrogen-bond acceptors (Lipinski definition) is 5. The molecule has 4 nitrogen and oxygen atoms in total. The molecule has 1 aliphatic rings. The maximum Gasteiger partial charge on any atom is 0.240 e. The van der Waals surface area contributed by atoms with Crippen molar-refractivity contribution in [2.75, 3.05) is 0 Å². The van der Waals surface area contributed by atoms with Gasteiger partial charge < -0.3 is 9.84 Å². The molecule has 2 heterocycles. The molecule has 5 heteroatoms. The third kappa shape index (κ3) is 2.79. The van der Waals surface area contributed by atoms with Gasteiger partial charge in [-0.15, -0.1) is 11.3 Å². The molecule has 2 aromatic heterocycles. The molecule has 1 fully saturated rings. The maximum atomic E-state index is 5.26. The SMILES string of the molecule is c1csc(-c2noc(CNC3CCCCC3)n2)c1. The Labute approximate surface area is 110 Å². The van der Waals surface area contributed by atoms with Crippen LogP contribution in [0.5, 0.6) is 0 Å². The third-order valence-corrected chi connectivity index (χ3v) is 4.22. The summed E-state index contributed by atoms with van der Waals surface area (Å²) in [6, 6.07) is 4.63. The van der Waals surface area contributed by atoms with E-state index in [0.717, 1.165) is 4.88 Å². The highest BCUT2D eigenvalue weighted by atomic mass is 32.1. The van der Waals surface area contributed by atoms with Gasteiger partial charge in [-0.2, -0.15) is 4.98 Å². The molecule has 0 unspecified atom stereocenters. The topological polar surface area (TPSA) is 51.0 Å². The van der Waals surface area contributed by atoms with Gasteiger partial charge in [-0.3, -0.25) is 0 Å². The predicted molar refractivity (Wildman–Crippen MR) is 71.3 cm³/mol. The summed E-state index contributed by atoms with van der Waals surface area (Å²) in [6.07, 6.45) is 6.59. The molecule has 3 rings (SSSR count). The minimum absolute atomic E-state index is 0.621. The van der Waals surface area contributed by atoms with Crippen LogP contribution in [-0.4, -0.2) is 16.2 Å². The van der Waals surface area contributed by atoms with Gasteiger partial charge in [0.2, 0.25) is 11.7 Å². The van der Waals surface area contributed by atoms with Crippen molar-refractivity contribution in [2.24, 2.45) is 0 Å². The molecule has 0 aliphatic heterocycles. The number of aromatic nitrogens is 2. The minimum atomic E-state index is 0.621. The van der Waals surface area contributed by atoms with Gasteiger partial charge in [0.25, 0.3) is 0 Å². The average molecular weight is 263 g/mol. The van der Waals surface area contributed by atoms with Gasteiger partial charge >= 0.3 is 0 Å². The number of thiophene rings is 1. The summed E-state index contributed by atoms with van der Waals surface area (Å²) in [4.78, 5) is 5.47. The molecular weight excluding hydrogens is 246 g/mol. The Bertz CT molecular complexity index is 474. The summed E-state index contributed by atoms with van der Waals surface area (Å²) < 4.78 is 5.26. The molecule has 0 spiro atoms. The Morgan fingerprint density at radius 2 is 2.22 bits per heavy atom. The van der Waals surface area contributed by atoms with Gasteiger partial charge in [-0.25, -0.2) is 0 Å². The van der Waals surface area contributed by atoms with Gasteiger partial charge in [0.05, 0.1) is 11.4 Å². The van der Waals surface area contributed by atoms with Crippen molar-refractivity contribution < 1.29 is 4.52 Å². The highest BCUT2D eigenvalue weighted by Crippen LogP contribution is 2.21. The molecule has 0 bridgehead atoms. The van der Waals surface area contributed by atoms with Crippen LogP contribution in [0.25, 0.3) is 10.7 Å². The molecule has 2 aromatic rings. The quantitative estimate of drug-likeness (QED) is 0.920. The lowest BCUT2D eigenvalue weighted by Crippen LogP contribution is -2.30. The third-order valence-electron chi connectivity index (χ3n) is 3.36. The van der Waals surface area contributed by atoms with E-state index in [9.17, 15) is 0 Å². The van der Waals surface area contributed by atoms with E-state index in [1.54, 1.807) is 11.3 Å². The second kappa shape index (κ2) is 5.63. The van der Waals surface area contributed by atoms with Crippen molar-refractivity contribution in [3.05, 3.63) is 23.4 Å². The number of nitrogens with zero attached hydrogens (tertiary/aromatic N) is 2. The standard InChI is InChI=1S/C13H17N3OS/c1-2-5-10(6-3-1)14-9-12-15-13(16-17-12)11-7-4-8-18-11/h4,7-8,10,14H,1-3,5-6,9H2. The predicted octanol–water partition coefficient (Wildman–Crippen LogP) is 3.22. The molecular formula is C13H17N3OS. The summed E-state index contributed by atoms with van der Waals surface area (Å²) in [6.45, 7) is 0.684. The van der Waals surface area contributed by atoms with E-state index < -0.39 is 0 Å². The molecule has 96 valence electrons. The van der Waals surface area contributed by atoms with E-state index in [1.807, 2.05) is 17.5 Å². The zero-order chi connectivity index (χ0) is 12.2. The fourth-order valence-electron chi connectivity index (χ4n) is 2.37. The Kier molecular flexibility index (Phi) is 3.71. The van der Waals surface area contributed by atoms with Crippen LogP contribution in [0.4, 0.5) is 0 Å². The van der Waals surface area contributed by atoms with Crippen LogP contribution in [0.15, 0.2) is 22.0 Å². The molecule has 0 amide bonds. The first-order valence-corrected chi connectivity index (χ1v) is 7.39. The summed E-state index contributed by atoms with van der Waals surface area (Å²) >= 11 is 1.63. The van der Waals surface area contributed by atoms with Crippen LogP contribution in [0.3, 0.4) is 0 Å². The highest BCUT2D eigenvalue weighted by Gasteiger charge is 2.14. The van der Waals surface area contributed by atoms with Gasteiger partial charge in [0.1, 0.15) is 0 Å². The number of rotatable bonds is 4. The van der Waals surface area contributed by atoms with Gasteiger partial charge in [0.15, 0.2) is 0 Å². The average Bonchev–Trinajstić information content (AvgIpc) is 3.08. The van der Waals surface area contributed by atoms with Crippen LogP contribution in [0.1, 0.15) is 38.0 Å². The van der Waals surface area contributed by atoms with E-state index in [2.05, 4.69) is 15.5 Å². The zero-order valence-electron chi connectivity index (χ0n) is 10.3. The van der Waals surface area contributed by atoms with Crippen LogP contribution in [-0.2, 0) is 6.54 Å². The first kappa shape index (κ1) is 11.9. The summed E-state index contributed by atoms with van der Waals surface area (Å²) in [7, 11) is 0. The first-order chi connectivity index (χ1) is 8.92. The van der Waals surface area contributed by atoms with Crippen molar-refractivity contribution in [1.29, 1.82) is 0 Å². The summed E-state index contributed by atoms with van der Waals surface area (Å²) in [5, 5.41) is 9.53. The van der Waals surface area contributed by atoms with Crippen molar-refractivity contribution in [3.8, 4) is 10.7 Å². The van der Waals surface area contributed by atoms with Crippen LogP contribution in [0.2, 0.25) is 0 Å². The smallest absolute Gasteiger partial charge is 0.240 e. The fraction of sp³-hybridized carbons (Fsp3) is 0.538. The number of nitrogens with one attached hydrogen (secondary N) is 1. The van der Waals surface area contributed by atoms with Gasteiger partial charge in [-0.05, 0) is 24.3 Å². The molecule has 1 aliphatic carbocycles. The number of hydrogen-bond donors (Lipinski definition) is 1. The van der Waals surface area contributed by atoms with Crippen molar-refractivity contribution in [3.63, 3.8) is 0 Å². The summed E-state index contributed by atoms with van der Waals surface area (Å²) in [5.74, 6) is 1.38. The van der Waals surface area contributed by atoms with Crippen molar-refractivity contribution in [1.82, 2.24) is 15.5 Å². The lowest BCUT2D eigenvalue weighted by Gasteiger charge is -2.21. The molecule has 18 heavy (non-hydrogen) atoms. The van der Waals surface area contributed by atoms with Crippen LogP contribution >= 0.6 is 11.3 Å². The second-order valence-corrected chi connectivity index (χ2v) is 5.65. The van der Waals surface area contributed by atoms with Crippen molar-refractivity contribution >= 4 is 11.3 Å². The highest BCUT2D eigenvalue weighted by molar-refractivity contribution is 7.13. The van der Waals surface area contributed by atoms with E-state index in [0.29, 0.717) is 24.3 Å². The van der Waals surface area contributed by atoms with Crippen LogP contribution < -0.4 is 5.32 Å². The van der Waals surface area contributed by atoms with Gasteiger partial charge in [0, 0.05) is 6.04 Å². The first-order valence-electron chi connectivity index (χ1n) is 6.51. The van der Waals surface area contributed by atoms with Crippen LogP contribution in [0, 0.1) is 0 Å².